The predicted octanol–water partition coefficient (Wildman–Crippen LogP) is 2.22. The number of nitrogens with two attached hydrogens (primary N) is 1. The average Bonchev–Trinajstić information content (AvgIpc) is 1.94. The zero-order valence-corrected chi connectivity index (χ0v) is 6.86. The van der Waals surface area contributed by atoms with Crippen LogP contribution in [0.4, 0.5) is 18.9 Å². The van der Waals surface area contributed by atoms with Crippen molar-refractivity contribution in [1.82, 2.24) is 4.98 Å². The van der Waals surface area contributed by atoms with E-state index in [1.807, 2.05) is 0 Å². The van der Waals surface area contributed by atoms with Gasteiger partial charge in [-0.15, -0.1) is 13.2 Å². The first-order valence-corrected chi connectivity index (χ1v) is 3.43. The molecule has 0 saturated heterocycles. The molecule has 13 heavy (non-hydrogen) atoms. The number of anilines is 1. The number of rotatable bonds is 1. The van der Waals surface area contributed by atoms with E-state index >= 15 is 0 Å². The van der Waals surface area contributed by atoms with Gasteiger partial charge in [0, 0.05) is 6.07 Å². The third kappa shape index (κ3) is 2.98. The minimum Gasteiger partial charge on any atom is -0.404 e. The first kappa shape index (κ1) is 9.91. The van der Waals surface area contributed by atoms with Crippen molar-refractivity contribution in [2.24, 2.45) is 0 Å². The molecule has 7 heteroatoms. The van der Waals surface area contributed by atoms with Crippen LogP contribution >= 0.6 is 11.6 Å². The minimum atomic E-state index is -4.75. The van der Waals surface area contributed by atoms with E-state index in [0.717, 1.165) is 12.3 Å². The second-order valence-electron chi connectivity index (χ2n) is 2.10. The number of aromatic nitrogens is 1. The van der Waals surface area contributed by atoms with Crippen LogP contribution < -0.4 is 10.5 Å². The molecule has 0 aliphatic carbocycles. The Morgan fingerprint density at radius 2 is 2.08 bits per heavy atom. The number of halogens is 4. The molecule has 1 aromatic rings. The number of alkyl halides is 3. The summed E-state index contributed by atoms with van der Waals surface area (Å²) in [6, 6.07) is 0.947. The molecule has 1 aromatic heterocycles. The SMILES string of the molecule is Nc1cc(OC(F)(F)F)cnc1Cl. The molecule has 0 unspecified atom stereocenters. The van der Waals surface area contributed by atoms with Crippen LogP contribution in [0.2, 0.25) is 5.15 Å². The topological polar surface area (TPSA) is 48.1 Å². The quantitative estimate of drug-likeness (QED) is 0.726. The van der Waals surface area contributed by atoms with Gasteiger partial charge in [-0.3, -0.25) is 0 Å². The maximum atomic E-state index is 11.6. The fraction of sp³-hybridized carbons (Fsp3) is 0.167. The molecular formula is C6H4ClF3N2O. The first-order chi connectivity index (χ1) is 5.88. The van der Waals surface area contributed by atoms with Gasteiger partial charge >= 0.3 is 6.36 Å². The number of hydrogen-bond donors (Lipinski definition) is 1. The van der Waals surface area contributed by atoms with Crippen LogP contribution in [-0.4, -0.2) is 11.3 Å². The zero-order chi connectivity index (χ0) is 10.1. The summed E-state index contributed by atoms with van der Waals surface area (Å²) in [4.78, 5) is 3.38. The Morgan fingerprint density at radius 3 is 2.54 bits per heavy atom. The van der Waals surface area contributed by atoms with Crippen molar-refractivity contribution in [1.29, 1.82) is 0 Å². The lowest BCUT2D eigenvalue weighted by molar-refractivity contribution is -0.274. The highest BCUT2D eigenvalue weighted by molar-refractivity contribution is 6.31. The minimum absolute atomic E-state index is 0.0606. The van der Waals surface area contributed by atoms with Gasteiger partial charge in [-0.1, -0.05) is 11.6 Å². The lowest BCUT2D eigenvalue weighted by atomic mass is 10.4. The van der Waals surface area contributed by atoms with Crippen LogP contribution in [0.3, 0.4) is 0 Å². The molecular weight excluding hydrogens is 209 g/mol. The molecule has 0 radical (unpaired) electrons. The molecule has 1 rings (SSSR count). The summed E-state index contributed by atoms with van der Waals surface area (Å²) in [6.07, 6.45) is -3.91. The number of hydrogen-bond acceptors (Lipinski definition) is 3. The average molecular weight is 213 g/mol. The Hall–Kier alpha value is -1.17. The monoisotopic (exact) mass is 212 g/mol. The number of nitrogen functional groups attached to an aromatic ring is 1. The van der Waals surface area contributed by atoms with Gasteiger partial charge < -0.3 is 10.5 Å². The van der Waals surface area contributed by atoms with E-state index in [1.165, 1.54) is 0 Å². The lowest BCUT2D eigenvalue weighted by Crippen LogP contribution is -2.17. The van der Waals surface area contributed by atoms with Gasteiger partial charge in [0.15, 0.2) is 5.15 Å². The van der Waals surface area contributed by atoms with Crippen molar-refractivity contribution >= 4 is 17.3 Å². The van der Waals surface area contributed by atoms with Gasteiger partial charge in [0.1, 0.15) is 5.75 Å². The second-order valence-corrected chi connectivity index (χ2v) is 2.46. The Kier molecular flexibility index (Phi) is 2.51. The normalized spacial score (nSPS) is 11.4. The number of pyridine rings is 1. The first-order valence-electron chi connectivity index (χ1n) is 3.05. The highest BCUT2D eigenvalue weighted by Crippen LogP contribution is 2.26. The van der Waals surface area contributed by atoms with Gasteiger partial charge in [-0.2, -0.15) is 0 Å². The van der Waals surface area contributed by atoms with Gasteiger partial charge in [0.05, 0.1) is 11.9 Å². The number of ether oxygens (including phenoxy) is 1. The van der Waals surface area contributed by atoms with Crippen molar-refractivity contribution in [2.45, 2.75) is 6.36 Å². The molecule has 2 N–H and O–H groups in total. The van der Waals surface area contributed by atoms with Crippen LogP contribution in [0.15, 0.2) is 12.3 Å². The molecule has 0 amide bonds. The molecule has 0 fully saturated rings. The molecule has 0 aliphatic rings. The third-order valence-corrected chi connectivity index (χ3v) is 1.39. The van der Waals surface area contributed by atoms with E-state index in [1.54, 1.807) is 0 Å². The summed E-state index contributed by atoms with van der Waals surface area (Å²) in [5.74, 6) is -0.491. The predicted molar refractivity (Wildman–Crippen MR) is 40.3 cm³/mol. The molecule has 0 aliphatic heterocycles. The number of nitrogens with zero attached hydrogens (tertiary/aromatic N) is 1. The molecule has 0 aromatic carbocycles. The fourth-order valence-electron chi connectivity index (χ4n) is 0.634. The molecule has 0 bridgehead atoms. The summed E-state index contributed by atoms with van der Waals surface area (Å²) < 4.78 is 38.5. The molecule has 0 saturated carbocycles. The standard InChI is InChI=1S/C6H4ClF3N2O/c7-5-4(11)1-3(2-12-5)13-6(8,9)10/h1-2H,11H2. The van der Waals surface area contributed by atoms with Crippen molar-refractivity contribution in [3.8, 4) is 5.75 Å². The lowest BCUT2D eigenvalue weighted by Gasteiger charge is -2.08. The Balaban J connectivity index is 2.86. The van der Waals surface area contributed by atoms with Crippen LogP contribution in [-0.2, 0) is 0 Å². The highest BCUT2D eigenvalue weighted by atomic mass is 35.5. The molecule has 72 valence electrons. The van der Waals surface area contributed by atoms with Gasteiger partial charge in [0.2, 0.25) is 0 Å². The summed E-state index contributed by atoms with van der Waals surface area (Å²) in [6.45, 7) is 0. The van der Waals surface area contributed by atoms with Crippen LogP contribution in [0, 0.1) is 0 Å². The fourth-order valence-corrected chi connectivity index (χ4v) is 0.738. The second kappa shape index (κ2) is 3.29. The Bertz CT molecular complexity index is 315. The van der Waals surface area contributed by atoms with Gasteiger partial charge in [-0.25, -0.2) is 4.98 Å². The summed E-state index contributed by atoms with van der Waals surface area (Å²) >= 11 is 5.38. The van der Waals surface area contributed by atoms with Crippen molar-refractivity contribution in [3.05, 3.63) is 17.4 Å². The highest BCUT2D eigenvalue weighted by Gasteiger charge is 2.31. The Labute approximate surface area is 76.3 Å². The van der Waals surface area contributed by atoms with E-state index in [0.29, 0.717) is 0 Å². The largest absolute Gasteiger partial charge is 0.573 e. The van der Waals surface area contributed by atoms with Crippen molar-refractivity contribution < 1.29 is 17.9 Å². The maximum Gasteiger partial charge on any atom is 0.573 e. The van der Waals surface area contributed by atoms with Crippen LogP contribution in [0.1, 0.15) is 0 Å². The van der Waals surface area contributed by atoms with E-state index in [-0.39, 0.29) is 10.8 Å². The summed E-state index contributed by atoms with van der Waals surface area (Å²) in [5, 5.41) is -0.0606. The van der Waals surface area contributed by atoms with Gasteiger partial charge in [0.25, 0.3) is 0 Å². The molecule has 0 spiro atoms. The maximum absolute atomic E-state index is 11.6. The van der Waals surface area contributed by atoms with Crippen molar-refractivity contribution in [2.75, 3.05) is 5.73 Å². The smallest absolute Gasteiger partial charge is 0.404 e. The summed E-state index contributed by atoms with van der Waals surface area (Å²) in [5.41, 5.74) is 5.13. The third-order valence-electron chi connectivity index (χ3n) is 1.07. The van der Waals surface area contributed by atoms with Crippen LogP contribution in [0.5, 0.6) is 5.75 Å². The van der Waals surface area contributed by atoms with E-state index in [9.17, 15) is 13.2 Å². The molecule has 1 heterocycles. The zero-order valence-electron chi connectivity index (χ0n) is 6.10. The van der Waals surface area contributed by atoms with Crippen LogP contribution in [0.25, 0.3) is 0 Å². The van der Waals surface area contributed by atoms with E-state index in [2.05, 4.69) is 9.72 Å². The van der Waals surface area contributed by atoms with Crippen molar-refractivity contribution in [3.63, 3.8) is 0 Å². The van der Waals surface area contributed by atoms with E-state index in [4.69, 9.17) is 17.3 Å². The molecule has 0 atom stereocenters. The van der Waals surface area contributed by atoms with E-state index < -0.39 is 12.1 Å². The molecule has 3 nitrogen and oxygen atoms in total. The summed E-state index contributed by atoms with van der Waals surface area (Å²) in [7, 11) is 0. The Morgan fingerprint density at radius 1 is 1.46 bits per heavy atom. The van der Waals surface area contributed by atoms with Gasteiger partial charge in [-0.05, 0) is 0 Å².